The largest absolute Gasteiger partial charge is 0.385 e. The van der Waals surface area contributed by atoms with Crippen LogP contribution >= 0.6 is 0 Å². The highest BCUT2D eigenvalue weighted by molar-refractivity contribution is 4.79. The van der Waals surface area contributed by atoms with E-state index in [-0.39, 0.29) is 0 Å². The van der Waals surface area contributed by atoms with E-state index in [1.54, 1.807) is 7.11 Å². The first-order valence-electron chi connectivity index (χ1n) is 6.82. The van der Waals surface area contributed by atoms with E-state index in [1.807, 2.05) is 0 Å². The molecule has 0 bridgehead atoms. The molecule has 0 atom stereocenters. The summed E-state index contributed by atoms with van der Waals surface area (Å²) >= 11 is 0. The molecular weight excluding hydrogens is 200 g/mol. The lowest BCUT2D eigenvalue weighted by Crippen LogP contribution is -2.32. The maximum Gasteiger partial charge on any atom is 0.0474 e. The van der Waals surface area contributed by atoms with Crippen molar-refractivity contribution in [3.05, 3.63) is 0 Å². The quantitative estimate of drug-likeness (QED) is 0.637. The fourth-order valence-electron chi connectivity index (χ4n) is 2.53. The van der Waals surface area contributed by atoms with E-state index < -0.39 is 0 Å². The smallest absolute Gasteiger partial charge is 0.0474 e. The van der Waals surface area contributed by atoms with Crippen LogP contribution in [0.3, 0.4) is 0 Å². The zero-order valence-corrected chi connectivity index (χ0v) is 10.7. The summed E-state index contributed by atoms with van der Waals surface area (Å²) in [6.07, 6.45) is 5.49. The molecule has 0 N–H and O–H groups in total. The van der Waals surface area contributed by atoms with Gasteiger partial charge in [-0.1, -0.05) is 0 Å². The van der Waals surface area contributed by atoms with Crippen molar-refractivity contribution in [3.63, 3.8) is 0 Å². The average molecular weight is 226 g/mol. The van der Waals surface area contributed by atoms with Crippen molar-refractivity contribution in [2.75, 3.05) is 53.0 Å². The van der Waals surface area contributed by atoms with Gasteiger partial charge in [-0.05, 0) is 44.7 Å². The molecule has 1 saturated heterocycles. The molecule has 0 amide bonds. The molecule has 3 nitrogen and oxygen atoms in total. The van der Waals surface area contributed by atoms with E-state index in [2.05, 4.69) is 9.80 Å². The van der Waals surface area contributed by atoms with E-state index in [9.17, 15) is 0 Å². The standard InChI is InChI=1S/C13H26N2O/c1-16-11-3-8-14-6-2-7-15(10-9-14)12-13-4-5-13/h13H,2-12H2,1H3. The van der Waals surface area contributed by atoms with Gasteiger partial charge in [-0.15, -0.1) is 0 Å². The summed E-state index contributed by atoms with van der Waals surface area (Å²) < 4.78 is 5.11. The van der Waals surface area contributed by atoms with Gasteiger partial charge in [-0.25, -0.2) is 0 Å². The normalized spacial score (nSPS) is 24.6. The second-order valence-corrected chi connectivity index (χ2v) is 5.29. The van der Waals surface area contributed by atoms with E-state index in [0.29, 0.717) is 0 Å². The topological polar surface area (TPSA) is 15.7 Å². The van der Waals surface area contributed by atoms with Gasteiger partial charge in [0.25, 0.3) is 0 Å². The second-order valence-electron chi connectivity index (χ2n) is 5.29. The minimum absolute atomic E-state index is 0.905. The molecule has 1 aliphatic heterocycles. The minimum Gasteiger partial charge on any atom is -0.385 e. The molecule has 94 valence electrons. The lowest BCUT2D eigenvalue weighted by atomic mass is 10.3. The highest BCUT2D eigenvalue weighted by Crippen LogP contribution is 2.29. The Kier molecular flexibility index (Phi) is 5.07. The maximum atomic E-state index is 5.11. The third-order valence-corrected chi connectivity index (χ3v) is 3.72. The summed E-state index contributed by atoms with van der Waals surface area (Å²) in [7, 11) is 1.79. The van der Waals surface area contributed by atoms with Crippen molar-refractivity contribution in [2.24, 2.45) is 5.92 Å². The van der Waals surface area contributed by atoms with Gasteiger partial charge in [0.2, 0.25) is 0 Å². The minimum atomic E-state index is 0.905. The van der Waals surface area contributed by atoms with E-state index in [1.165, 1.54) is 65.0 Å². The summed E-state index contributed by atoms with van der Waals surface area (Å²) in [5, 5.41) is 0. The van der Waals surface area contributed by atoms with Crippen molar-refractivity contribution >= 4 is 0 Å². The molecule has 2 aliphatic rings. The van der Waals surface area contributed by atoms with E-state index >= 15 is 0 Å². The number of nitrogens with zero attached hydrogens (tertiary/aromatic N) is 2. The van der Waals surface area contributed by atoms with Crippen molar-refractivity contribution in [1.29, 1.82) is 0 Å². The Morgan fingerprint density at radius 1 is 1.06 bits per heavy atom. The Labute approximate surface area is 99.7 Å². The SMILES string of the molecule is COCCCN1CCCN(CC2CC2)CC1. The number of rotatable bonds is 6. The molecular formula is C13H26N2O. The number of methoxy groups -OCH3 is 1. The predicted octanol–water partition coefficient (Wildman–Crippen LogP) is 1.44. The molecule has 0 radical (unpaired) electrons. The van der Waals surface area contributed by atoms with Crippen molar-refractivity contribution in [3.8, 4) is 0 Å². The van der Waals surface area contributed by atoms with Crippen molar-refractivity contribution in [1.82, 2.24) is 9.80 Å². The monoisotopic (exact) mass is 226 g/mol. The van der Waals surface area contributed by atoms with E-state index in [4.69, 9.17) is 4.74 Å². The Morgan fingerprint density at radius 3 is 2.56 bits per heavy atom. The molecule has 16 heavy (non-hydrogen) atoms. The summed E-state index contributed by atoms with van der Waals surface area (Å²) in [5.41, 5.74) is 0. The molecule has 0 aromatic carbocycles. The fraction of sp³-hybridized carbons (Fsp3) is 1.00. The number of hydrogen-bond acceptors (Lipinski definition) is 3. The van der Waals surface area contributed by atoms with Crippen LogP contribution in [0.4, 0.5) is 0 Å². The lowest BCUT2D eigenvalue weighted by Gasteiger charge is -2.21. The molecule has 2 rings (SSSR count). The van der Waals surface area contributed by atoms with Crippen molar-refractivity contribution < 1.29 is 4.74 Å². The molecule has 1 aliphatic carbocycles. The third kappa shape index (κ3) is 4.40. The molecule has 1 saturated carbocycles. The van der Waals surface area contributed by atoms with Gasteiger partial charge in [-0.3, -0.25) is 0 Å². The maximum absolute atomic E-state index is 5.11. The average Bonchev–Trinajstić information content (AvgIpc) is 3.09. The van der Waals surface area contributed by atoms with Crippen LogP contribution in [-0.2, 0) is 4.74 Å². The fourth-order valence-corrected chi connectivity index (χ4v) is 2.53. The Hall–Kier alpha value is -0.120. The van der Waals surface area contributed by atoms with Gasteiger partial charge in [-0.2, -0.15) is 0 Å². The Bertz CT molecular complexity index is 194. The predicted molar refractivity (Wildman–Crippen MR) is 66.7 cm³/mol. The molecule has 0 unspecified atom stereocenters. The Balaban J connectivity index is 1.61. The summed E-state index contributed by atoms with van der Waals surface area (Å²) in [6.45, 7) is 8.63. The number of hydrogen-bond donors (Lipinski definition) is 0. The van der Waals surface area contributed by atoms with Crippen LogP contribution in [0.5, 0.6) is 0 Å². The van der Waals surface area contributed by atoms with Crippen LogP contribution in [0.2, 0.25) is 0 Å². The molecule has 0 aromatic heterocycles. The highest BCUT2D eigenvalue weighted by Gasteiger charge is 2.25. The third-order valence-electron chi connectivity index (χ3n) is 3.72. The first-order chi connectivity index (χ1) is 7.88. The van der Waals surface area contributed by atoms with Gasteiger partial charge < -0.3 is 14.5 Å². The first kappa shape index (κ1) is 12.3. The van der Waals surface area contributed by atoms with Crippen LogP contribution in [0.25, 0.3) is 0 Å². The second kappa shape index (κ2) is 6.58. The number of ether oxygens (including phenoxy) is 1. The summed E-state index contributed by atoms with van der Waals surface area (Å²) in [5.74, 6) is 1.04. The van der Waals surface area contributed by atoms with Crippen molar-refractivity contribution in [2.45, 2.75) is 25.7 Å². The van der Waals surface area contributed by atoms with Crippen LogP contribution < -0.4 is 0 Å². The van der Waals surface area contributed by atoms with Gasteiger partial charge >= 0.3 is 0 Å². The van der Waals surface area contributed by atoms with Gasteiger partial charge in [0, 0.05) is 39.9 Å². The Morgan fingerprint density at radius 2 is 1.81 bits per heavy atom. The van der Waals surface area contributed by atoms with Gasteiger partial charge in [0.15, 0.2) is 0 Å². The van der Waals surface area contributed by atoms with Crippen LogP contribution in [0.1, 0.15) is 25.7 Å². The molecule has 1 heterocycles. The molecule has 0 aromatic rings. The molecule has 0 spiro atoms. The summed E-state index contributed by atoms with van der Waals surface area (Å²) in [4.78, 5) is 5.28. The molecule has 2 fully saturated rings. The zero-order valence-electron chi connectivity index (χ0n) is 10.7. The van der Waals surface area contributed by atoms with Crippen LogP contribution in [0, 0.1) is 5.92 Å². The van der Waals surface area contributed by atoms with Crippen LogP contribution in [-0.4, -0.2) is 62.8 Å². The highest BCUT2D eigenvalue weighted by atomic mass is 16.5. The molecule has 3 heteroatoms. The van der Waals surface area contributed by atoms with Crippen LogP contribution in [0.15, 0.2) is 0 Å². The summed E-state index contributed by atoms with van der Waals surface area (Å²) in [6, 6.07) is 0. The first-order valence-corrected chi connectivity index (χ1v) is 6.82. The zero-order chi connectivity index (χ0) is 11.2. The van der Waals surface area contributed by atoms with E-state index in [0.717, 1.165) is 12.5 Å². The van der Waals surface area contributed by atoms with Gasteiger partial charge in [0.05, 0.1) is 0 Å². The van der Waals surface area contributed by atoms with Gasteiger partial charge in [0.1, 0.15) is 0 Å². The lowest BCUT2D eigenvalue weighted by molar-refractivity contribution is 0.172.